The van der Waals surface area contributed by atoms with Gasteiger partial charge in [0.2, 0.25) is 12.6 Å². The van der Waals surface area contributed by atoms with E-state index in [0.717, 1.165) is 0 Å². The molecule has 4 heterocycles. The molecular formula is C40H44O18. The number of hydrogen-bond donors (Lipinski definition) is 8. The van der Waals surface area contributed by atoms with E-state index in [-0.39, 0.29) is 34.5 Å². The predicted molar refractivity (Wildman–Crippen MR) is 196 cm³/mol. The van der Waals surface area contributed by atoms with E-state index in [4.69, 9.17) is 37.3 Å². The van der Waals surface area contributed by atoms with Crippen LogP contribution in [-0.2, 0) is 9.47 Å². The third-order valence-corrected chi connectivity index (χ3v) is 10.9. The van der Waals surface area contributed by atoms with Crippen LogP contribution in [0.3, 0.4) is 0 Å². The van der Waals surface area contributed by atoms with Crippen LogP contribution in [-0.4, -0.2) is 130 Å². The summed E-state index contributed by atoms with van der Waals surface area (Å²) in [5.74, 6) is -0.937. The highest BCUT2D eigenvalue weighted by Gasteiger charge is 2.56. The molecule has 0 amide bonds. The number of aliphatic hydroxyl groups excluding tert-OH is 8. The fourth-order valence-electron chi connectivity index (χ4n) is 7.93. The van der Waals surface area contributed by atoms with Crippen LogP contribution < -0.4 is 30.2 Å². The number of benzene rings is 2. The zero-order chi connectivity index (χ0) is 41.4. The molecule has 7 rings (SSSR count). The van der Waals surface area contributed by atoms with E-state index in [0.29, 0.717) is 11.1 Å². The summed E-state index contributed by atoms with van der Waals surface area (Å²) in [6, 6.07) is 18.8. The molecule has 0 bridgehead atoms. The molecule has 0 spiro atoms. The Bertz CT molecular complexity index is 1960. The van der Waals surface area contributed by atoms with Crippen molar-refractivity contribution in [3.63, 3.8) is 0 Å². The van der Waals surface area contributed by atoms with E-state index in [1.54, 1.807) is 60.7 Å². The van der Waals surface area contributed by atoms with Crippen molar-refractivity contribution in [2.24, 2.45) is 0 Å². The van der Waals surface area contributed by atoms with Gasteiger partial charge in [-0.3, -0.25) is 0 Å². The van der Waals surface area contributed by atoms with Gasteiger partial charge in [0.25, 0.3) is 0 Å². The molecule has 58 heavy (non-hydrogen) atoms. The van der Waals surface area contributed by atoms with Crippen molar-refractivity contribution in [3.05, 3.63) is 116 Å². The number of aliphatic hydroxyl groups is 8. The van der Waals surface area contributed by atoms with Gasteiger partial charge in [0.05, 0.1) is 39.6 Å². The van der Waals surface area contributed by atoms with E-state index in [9.17, 15) is 50.4 Å². The lowest BCUT2D eigenvalue weighted by Crippen LogP contribution is -2.60. The van der Waals surface area contributed by atoms with Gasteiger partial charge in [-0.05, 0) is 35.4 Å². The Hall–Kier alpha value is -4.86. The SMILES string of the molecule is COc1cc(C2C(c3ccc(O[C@@H]4O[C@H](CO)[C@@H](O)[C@H](O)[C@H]4O)cc3)C(c3cc(OC)cc(=O)o3)C2c2ccc(O[C@@H]3O[C@H](CO)[C@@H](O)[C@H](O)[C@H]3O)cc2)oc(=O)c1. The van der Waals surface area contributed by atoms with Gasteiger partial charge in [0.1, 0.15) is 83.4 Å². The van der Waals surface area contributed by atoms with Crippen molar-refractivity contribution in [2.75, 3.05) is 27.4 Å². The highest BCUT2D eigenvalue weighted by Crippen LogP contribution is 2.66. The fraction of sp³-hybridized carbons (Fsp3) is 0.450. The smallest absolute Gasteiger partial charge is 0.339 e. The minimum absolute atomic E-state index is 0.202. The van der Waals surface area contributed by atoms with Crippen molar-refractivity contribution in [3.8, 4) is 23.0 Å². The number of ether oxygens (including phenoxy) is 6. The van der Waals surface area contributed by atoms with Crippen LogP contribution in [0.5, 0.6) is 23.0 Å². The minimum Gasteiger partial charge on any atom is -0.496 e. The van der Waals surface area contributed by atoms with Gasteiger partial charge in [0, 0.05) is 35.8 Å². The zero-order valence-electron chi connectivity index (χ0n) is 31.1. The molecule has 2 saturated heterocycles. The van der Waals surface area contributed by atoms with Gasteiger partial charge in [-0.1, -0.05) is 24.3 Å². The number of rotatable bonds is 12. The first-order chi connectivity index (χ1) is 27.8. The molecular weight excluding hydrogens is 768 g/mol. The Morgan fingerprint density at radius 3 is 1.17 bits per heavy atom. The van der Waals surface area contributed by atoms with Gasteiger partial charge in [-0.15, -0.1) is 0 Å². The van der Waals surface area contributed by atoms with Crippen LogP contribution >= 0.6 is 0 Å². The number of hydrogen-bond acceptors (Lipinski definition) is 18. The Labute approximate surface area is 329 Å². The highest BCUT2D eigenvalue weighted by molar-refractivity contribution is 5.47. The van der Waals surface area contributed by atoms with Crippen LogP contribution in [0.4, 0.5) is 0 Å². The molecule has 10 atom stereocenters. The molecule has 1 saturated carbocycles. The highest BCUT2D eigenvalue weighted by atomic mass is 16.7. The molecule has 2 aromatic heterocycles. The van der Waals surface area contributed by atoms with Crippen molar-refractivity contribution in [1.29, 1.82) is 0 Å². The molecule has 18 heteroatoms. The van der Waals surface area contributed by atoms with Gasteiger partial charge in [-0.2, -0.15) is 0 Å². The lowest BCUT2D eigenvalue weighted by molar-refractivity contribution is -0.277. The third kappa shape index (κ3) is 7.95. The molecule has 4 aromatic rings. The molecule has 0 radical (unpaired) electrons. The molecule has 8 N–H and O–H groups in total. The maximum atomic E-state index is 12.9. The van der Waals surface area contributed by atoms with E-state index in [1.165, 1.54) is 26.4 Å². The monoisotopic (exact) mass is 812 g/mol. The molecule has 3 aliphatic rings. The second-order valence-electron chi connectivity index (χ2n) is 14.3. The summed E-state index contributed by atoms with van der Waals surface area (Å²) in [7, 11) is 2.81. The summed E-state index contributed by atoms with van der Waals surface area (Å²) in [6.07, 6.45) is -14.9. The van der Waals surface area contributed by atoms with E-state index in [1.807, 2.05) is 0 Å². The molecule has 18 nitrogen and oxygen atoms in total. The quantitative estimate of drug-likeness (QED) is 0.0888. The van der Waals surface area contributed by atoms with Crippen LogP contribution in [0.15, 0.2) is 91.2 Å². The molecule has 3 fully saturated rings. The first-order valence-corrected chi connectivity index (χ1v) is 18.4. The number of methoxy groups -OCH3 is 2. The largest absolute Gasteiger partial charge is 0.496 e. The maximum Gasteiger partial charge on any atom is 0.339 e. The second kappa shape index (κ2) is 17.2. The normalized spacial score (nSPS) is 33.5. The van der Waals surface area contributed by atoms with Crippen LogP contribution in [0.1, 0.15) is 46.3 Å². The third-order valence-electron chi connectivity index (χ3n) is 10.9. The van der Waals surface area contributed by atoms with Gasteiger partial charge < -0.3 is 78.1 Å². The van der Waals surface area contributed by atoms with Crippen molar-refractivity contribution < 1.29 is 78.1 Å². The van der Waals surface area contributed by atoms with Gasteiger partial charge in [0.15, 0.2) is 0 Å². The first-order valence-electron chi connectivity index (χ1n) is 18.4. The maximum absolute atomic E-state index is 12.9. The topological polar surface area (TPSA) is 278 Å². The Morgan fingerprint density at radius 2 is 0.845 bits per heavy atom. The summed E-state index contributed by atoms with van der Waals surface area (Å²) in [5.41, 5.74) is 0.00125. The summed E-state index contributed by atoms with van der Waals surface area (Å²) < 4.78 is 45.1. The second-order valence-corrected chi connectivity index (χ2v) is 14.3. The fourth-order valence-corrected chi connectivity index (χ4v) is 7.93. The van der Waals surface area contributed by atoms with E-state index >= 15 is 0 Å². The Morgan fingerprint density at radius 1 is 0.483 bits per heavy atom. The van der Waals surface area contributed by atoms with Gasteiger partial charge >= 0.3 is 11.3 Å². The van der Waals surface area contributed by atoms with Crippen LogP contribution in [0.25, 0.3) is 0 Å². The summed E-state index contributed by atoms with van der Waals surface area (Å²) in [4.78, 5) is 25.7. The van der Waals surface area contributed by atoms with Gasteiger partial charge in [-0.25, -0.2) is 9.59 Å². The minimum atomic E-state index is -1.65. The van der Waals surface area contributed by atoms with Crippen LogP contribution in [0, 0.1) is 0 Å². The molecule has 0 unspecified atom stereocenters. The molecule has 1 aliphatic carbocycles. The molecule has 2 aliphatic heterocycles. The van der Waals surface area contributed by atoms with Crippen molar-refractivity contribution >= 4 is 0 Å². The van der Waals surface area contributed by atoms with Crippen LogP contribution in [0.2, 0.25) is 0 Å². The van der Waals surface area contributed by atoms with E-state index < -0.39 is 110 Å². The molecule has 2 aromatic carbocycles. The lowest BCUT2D eigenvalue weighted by atomic mass is 9.51. The average molecular weight is 813 g/mol. The average Bonchev–Trinajstić information content (AvgIpc) is 3.21. The Balaban J connectivity index is 1.26. The summed E-state index contributed by atoms with van der Waals surface area (Å²) >= 11 is 0. The lowest BCUT2D eigenvalue weighted by Gasteiger charge is -2.51. The zero-order valence-corrected chi connectivity index (χ0v) is 31.1. The standard InChI is InChI=1S/C40H44O18/c1-51-21-11-23(55-27(43)13-21)31-29(17-3-7-19(8-4-17)53-39-37(49)35(47)33(45)25(15-41)57-39)32(24-12-22(52-2)14-28(44)56-24)30(31)18-5-9-20(10-6-18)54-40-38(50)36(48)34(46)26(16-42)58-40/h3-14,25-26,29-42,45-50H,15-16H2,1-2H3/t25-,26-,29?,30?,31?,32?,33-,34-,35+,36+,37-,38-,39-,40-/m1/s1. The van der Waals surface area contributed by atoms with Crippen molar-refractivity contribution in [2.45, 2.75) is 85.1 Å². The summed E-state index contributed by atoms with van der Waals surface area (Å²) in [6.45, 7) is -1.27. The predicted octanol–water partition coefficient (Wildman–Crippen LogP) is -0.584. The van der Waals surface area contributed by atoms with E-state index in [2.05, 4.69) is 0 Å². The van der Waals surface area contributed by atoms with Crippen molar-refractivity contribution in [1.82, 2.24) is 0 Å². The first kappa shape index (κ1) is 41.3. The molecule has 312 valence electrons. The Kier molecular flexibility index (Phi) is 12.2. The summed E-state index contributed by atoms with van der Waals surface area (Å²) in [5, 5.41) is 81.1.